The molecule has 0 fully saturated rings. The normalized spacial score (nSPS) is 29.2. The van der Waals surface area contributed by atoms with Crippen LogP contribution in [0.25, 0.3) is 0 Å². The van der Waals surface area contributed by atoms with Crippen LogP contribution in [0.5, 0.6) is 0 Å². The Morgan fingerprint density at radius 2 is 1.53 bits per heavy atom. The van der Waals surface area contributed by atoms with Crippen LogP contribution in [0, 0.1) is 0 Å². The molecule has 1 nitrogen and oxygen atoms in total. The van der Waals surface area contributed by atoms with E-state index in [2.05, 4.69) is 32.0 Å². The van der Waals surface area contributed by atoms with Crippen LogP contribution in [0.2, 0.25) is 0 Å². The van der Waals surface area contributed by atoms with Crippen molar-refractivity contribution in [2.24, 2.45) is 0 Å². The molecule has 0 radical (unpaired) electrons. The predicted octanol–water partition coefficient (Wildman–Crippen LogP) is 3.99. The maximum absolute atomic E-state index is 11.3. The minimum absolute atomic E-state index is 0.0567. The van der Waals surface area contributed by atoms with Crippen LogP contribution < -0.4 is 0 Å². The van der Waals surface area contributed by atoms with Crippen molar-refractivity contribution in [3.8, 4) is 0 Å². The lowest BCUT2D eigenvalue weighted by Crippen LogP contribution is -2.27. The van der Waals surface area contributed by atoms with E-state index in [-0.39, 0.29) is 5.41 Å². The summed E-state index contributed by atoms with van der Waals surface area (Å²) < 4.78 is 0. The van der Waals surface area contributed by atoms with Crippen LogP contribution in [-0.4, -0.2) is 5.11 Å². The molecule has 1 aliphatic carbocycles. The lowest BCUT2D eigenvalue weighted by Gasteiger charge is -2.28. The lowest BCUT2D eigenvalue weighted by atomic mass is 9.79. The van der Waals surface area contributed by atoms with E-state index in [4.69, 9.17) is 0 Å². The summed E-state index contributed by atoms with van der Waals surface area (Å²) in [6.07, 6.45) is 1.80. The molecule has 1 heteroatoms. The molecule has 1 aliphatic rings. The summed E-state index contributed by atoms with van der Waals surface area (Å²) in [6.45, 7) is 4.46. The van der Waals surface area contributed by atoms with E-state index in [1.807, 2.05) is 36.4 Å². The number of aliphatic hydroxyl groups is 1. The highest BCUT2D eigenvalue weighted by Gasteiger charge is 2.48. The van der Waals surface area contributed by atoms with Gasteiger partial charge in [0.05, 0.1) is 0 Å². The Kier molecular flexibility index (Phi) is 2.75. The van der Waals surface area contributed by atoms with Gasteiger partial charge in [0, 0.05) is 0 Å². The van der Waals surface area contributed by atoms with E-state index in [0.717, 1.165) is 24.0 Å². The zero-order chi connectivity index (χ0) is 13.5. The van der Waals surface area contributed by atoms with Gasteiger partial charge in [-0.15, -0.1) is 0 Å². The maximum Gasteiger partial charge on any atom is 0.116 e. The van der Waals surface area contributed by atoms with Gasteiger partial charge in [-0.3, -0.25) is 0 Å². The maximum atomic E-state index is 11.3. The summed E-state index contributed by atoms with van der Waals surface area (Å²) in [6, 6.07) is 18.4. The molecule has 19 heavy (non-hydrogen) atoms. The van der Waals surface area contributed by atoms with Gasteiger partial charge in [0.15, 0.2) is 0 Å². The molecule has 0 saturated heterocycles. The van der Waals surface area contributed by atoms with E-state index in [0.29, 0.717) is 0 Å². The van der Waals surface area contributed by atoms with Gasteiger partial charge in [-0.1, -0.05) is 68.4 Å². The Bertz CT molecular complexity index is 590. The number of rotatable bonds is 2. The second kappa shape index (κ2) is 4.21. The van der Waals surface area contributed by atoms with Crippen molar-refractivity contribution in [3.63, 3.8) is 0 Å². The molecule has 0 amide bonds. The molecular weight excluding hydrogens is 232 g/mol. The van der Waals surface area contributed by atoms with Gasteiger partial charge in [0.1, 0.15) is 5.60 Å². The first-order valence-electron chi connectivity index (χ1n) is 6.98. The molecule has 0 aromatic heterocycles. The third kappa shape index (κ3) is 1.73. The SMILES string of the molecule is CC[C@]1(C)C[C@@](O)(c2ccccc2)c2ccccc21. The highest BCUT2D eigenvalue weighted by molar-refractivity contribution is 5.49. The lowest BCUT2D eigenvalue weighted by molar-refractivity contribution is 0.0651. The van der Waals surface area contributed by atoms with Crippen LogP contribution >= 0.6 is 0 Å². The molecular formula is C18H20O. The Labute approximate surface area is 114 Å². The van der Waals surface area contributed by atoms with Crippen LogP contribution in [-0.2, 0) is 11.0 Å². The highest BCUT2D eigenvalue weighted by atomic mass is 16.3. The molecule has 0 aliphatic heterocycles. The minimum atomic E-state index is -0.845. The number of hydrogen-bond donors (Lipinski definition) is 1. The summed E-state index contributed by atoms with van der Waals surface area (Å²) in [5.74, 6) is 0. The molecule has 0 heterocycles. The first-order chi connectivity index (χ1) is 9.10. The van der Waals surface area contributed by atoms with Crippen molar-refractivity contribution in [1.29, 1.82) is 0 Å². The van der Waals surface area contributed by atoms with Crippen LogP contribution in [0.15, 0.2) is 54.6 Å². The third-order valence-electron chi connectivity index (χ3n) is 4.70. The fourth-order valence-electron chi connectivity index (χ4n) is 3.41. The minimum Gasteiger partial charge on any atom is -0.380 e. The summed E-state index contributed by atoms with van der Waals surface area (Å²) in [5.41, 5.74) is 2.58. The fourth-order valence-corrected chi connectivity index (χ4v) is 3.41. The monoisotopic (exact) mass is 252 g/mol. The molecule has 0 spiro atoms. The van der Waals surface area contributed by atoms with E-state index in [9.17, 15) is 5.11 Å². The molecule has 3 rings (SSSR count). The Balaban J connectivity index is 2.21. The van der Waals surface area contributed by atoms with Crippen LogP contribution in [0.4, 0.5) is 0 Å². The standard InChI is InChI=1S/C18H20O/c1-3-17(2)13-18(19,14-9-5-4-6-10-14)16-12-8-7-11-15(16)17/h4-12,19H,3,13H2,1-2H3/t17-,18-/m1/s1. The second-order valence-electron chi connectivity index (χ2n) is 5.86. The Hall–Kier alpha value is -1.60. The average molecular weight is 252 g/mol. The van der Waals surface area contributed by atoms with Gasteiger partial charge in [-0.2, -0.15) is 0 Å². The Morgan fingerprint density at radius 1 is 0.947 bits per heavy atom. The summed E-state index contributed by atoms with van der Waals surface area (Å²) >= 11 is 0. The first-order valence-corrected chi connectivity index (χ1v) is 6.98. The highest BCUT2D eigenvalue weighted by Crippen LogP contribution is 2.52. The van der Waals surface area contributed by atoms with Gasteiger partial charge in [-0.05, 0) is 34.9 Å². The zero-order valence-electron chi connectivity index (χ0n) is 11.6. The van der Waals surface area contributed by atoms with E-state index in [1.54, 1.807) is 0 Å². The second-order valence-corrected chi connectivity index (χ2v) is 5.86. The van der Waals surface area contributed by atoms with Gasteiger partial charge < -0.3 is 5.11 Å². The van der Waals surface area contributed by atoms with Gasteiger partial charge in [0.2, 0.25) is 0 Å². The number of fused-ring (bicyclic) bond motifs is 1. The van der Waals surface area contributed by atoms with Gasteiger partial charge >= 0.3 is 0 Å². The summed E-state index contributed by atoms with van der Waals surface area (Å²) in [7, 11) is 0. The molecule has 1 N–H and O–H groups in total. The Morgan fingerprint density at radius 3 is 2.16 bits per heavy atom. The summed E-state index contributed by atoms with van der Waals surface area (Å²) in [4.78, 5) is 0. The number of hydrogen-bond acceptors (Lipinski definition) is 1. The van der Waals surface area contributed by atoms with Crippen molar-refractivity contribution >= 4 is 0 Å². The molecule has 0 bridgehead atoms. The van der Waals surface area contributed by atoms with E-state index in [1.165, 1.54) is 5.56 Å². The number of benzene rings is 2. The van der Waals surface area contributed by atoms with Crippen molar-refractivity contribution in [2.45, 2.75) is 37.7 Å². The van der Waals surface area contributed by atoms with Crippen molar-refractivity contribution in [2.75, 3.05) is 0 Å². The summed E-state index contributed by atoms with van der Waals surface area (Å²) in [5, 5.41) is 11.3. The van der Waals surface area contributed by atoms with Crippen LogP contribution in [0.1, 0.15) is 43.4 Å². The molecule has 2 atom stereocenters. The predicted molar refractivity (Wildman–Crippen MR) is 78.1 cm³/mol. The van der Waals surface area contributed by atoms with Gasteiger partial charge in [0.25, 0.3) is 0 Å². The average Bonchev–Trinajstić information content (AvgIpc) is 2.71. The quantitative estimate of drug-likeness (QED) is 0.856. The molecule has 2 aromatic rings. The molecule has 98 valence electrons. The van der Waals surface area contributed by atoms with E-state index >= 15 is 0 Å². The molecule has 0 saturated carbocycles. The smallest absolute Gasteiger partial charge is 0.116 e. The van der Waals surface area contributed by atoms with Crippen LogP contribution in [0.3, 0.4) is 0 Å². The third-order valence-corrected chi connectivity index (χ3v) is 4.70. The molecule has 0 unspecified atom stereocenters. The topological polar surface area (TPSA) is 20.2 Å². The van der Waals surface area contributed by atoms with Gasteiger partial charge in [-0.25, -0.2) is 0 Å². The van der Waals surface area contributed by atoms with Crippen molar-refractivity contribution < 1.29 is 5.11 Å². The fraction of sp³-hybridized carbons (Fsp3) is 0.333. The molecule has 2 aromatic carbocycles. The zero-order valence-corrected chi connectivity index (χ0v) is 11.6. The largest absolute Gasteiger partial charge is 0.380 e. The van der Waals surface area contributed by atoms with E-state index < -0.39 is 5.60 Å². The van der Waals surface area contributed by atoms with Crippen molar-refractivity contribution in [1.82, 2.24) is 0 Å². The van der Waals surface area contributed by atoms with Crippen molar-refractivity contribution in [3.05, 3.63) is 71.3 Å². The first kappa shape index (κ1) is 12.4.